The van der Waals surface area contributed by atoms with Crippen LogP contribution in [0.25, 0.3) is 0 Å². The highest BCUT2D eigenvalue weighted by atomic mass is 35.5. The molecule has 1 atom stereocenters. The Balaban J connectivity index is 1.58. The van der Waals surface area contributed by atoms with Gasteiger partial charge in [-0.3, -0.25) is 4.79 Å². The monoisotopic (exact) mass is 548 g/mol. The van der Waals surface area contributed by atoms with Crippen molar-refractivity contribution < 1.29 is 22.7 Å². The summed E-state index contributed by atoms with van der Waals surface area (Å²) < 4.78 is 39.5. The molecule has 1 amide bonds. The highest BCUT2D eigenvalue weighted by Gasteiger charge is 2.36. The molecule has 3 aromatic rings. The third kappa shape index (κ3) is 5.54. The van der Waals surface area contributed by atoms with Crippen LogP contribution in [0.2, 0.25) is 5.02 Å². The molecule has 0 aliphatic carbocycles. The number of fused-ring (bicyclic) bond motifs is 1. The van der Waals surface area contributed by atoms with Crippen molar-refractivity contribution in [1.82, 2.24) is 9.21 Å². The second-order valence-electron chi connectivity index (χ2n) is 8.71. The molecule has 2 aromatic carbocycles. The molecule has 36 heavy (non-hydrogen) atoms. The van der Waals surface area contributed by atoms with Crippen LogP contribution in [0.3, 0.4) is 0 Å². The Morgan fingerprint density at radius 1 is 1.14 bits per heavy atom. The van der Waals surface area contributed by atoms with Gasteiger partial charge in [0.1, 0.15) is 6.61 Å². The smallest absolute Gasteiger partial charge is 0.243 e. The summed E-state index contributed by atoms with van der Waals surface area (Å²) in [6, 6.07) is 14.6. The molecule has 0 radical (unpaired) electrons. The van der Waals surface area contributed by atoms with Crippen molar-refractivity contribution in [1.29, 1.82) is 0 Å². The van der Waals surface area contributed by atoms with E-state index in [0.717, 1.165) is 12.0 Å². The second-order valence-corrected chi connectivity index (χ2v) is 12.0. The standard InChI is InChI=1S/C26H29ClN2O5S2/c1-18(2)29(36(31,32)20-10-8-19(27)9-11-20)16-26(30)28-14-12-25-21(13-15-35-25)22(28)17-34-24-7-5-4-6-23(24)33-3/h4-11,13,15,18,22H,12,14,16-17H2,1-3H3. The molecule has 1 aliphatic rings. The Hall–Kier alpha value is -2.59. The summed E-state index contributed by atoms with van der Waals surface area (Å²) in [6.07, 6.45) is 0.718. The molecule has 7 nitrogen and oxygen atoms in total. The first-order chi connectivity index (χ1) is 17.2. The number of carbonyl (C=O) groups is 1. The molecule has 0 N–H and O–H groups in total. The third-order valence-electron chi connectivity index (χ3n) is 6.17. The van der Waals surface area contributed by atoms with E-state index in [1.165, 1.54) is 33.4 Å². The van der Waals surface area contributed by atoms with Crippen molar-refractivity contribution in [2.45, 2.75) is 37.2 Å². The Bertz CT molecular complexity index is 1310. The number of ether oxygens (including phenoxy) is 2. The van der Waals surface area contributed by atoms with Crippen molar-refractivity contribution in [3.05, 3.63) is 75.4 Å². The lowest BCUT2D eigenvalue weighted by molar-refractivity contribution is -0.135. The summed E-state index contributed by atoms with van der Waals surface area (Å²) in [5, 5.41) is 2.46. The molecule has 1 aromatic heterocycles. The zero-order valence-electron chi connectivity index (χ0n) is 20.4. The molecule has 1 aliphatic heterocycles. The lowest BCUT2D eigenvalue weighted by Gasteiger charge is -2.37. The summed E-state index contributed by atoms with van der Waals surface area (Å²) in [5.74, 6) is 0.923. The molecule has 10 heteroatoms. The number of rotatable bonds is 9. The first kappa shape index (κ1) is 26.5. The average molecular weight is 549 g/mol. The van der Waals surface area contributed by atoms with Crippen LogP contribution >= 0.6 is 22.9 Å². The minimum absolute atomic E-state index is 0.100. The molecular weight excluding hydrogens is 520 g/mol. The van der Waals surface area contributed by atoms with Gasteiger partial charge in [0.05, 0.1) is 24.6 Å². The minimum atomic E-state index is -3.90. The summed E-state index contributed by atoms with van der Waals surface area (Å²) in [7, 11) is -2.32. The van der Waals surface area contributed by atoms with Crippen LogP contribution < -0.4 is 9.47 Å². The average Bonchev–Trinajstić information content (AvgIpc) is 3.35. The molecular formula is C26H29ClN2O5S2. The molecule has 0 spiro atoms. The fourth-order valence-corrected chi connectivity index (χ4v) is 6.93. The Morgan fingerprint density at radius 2 is 1.83 bits per heavy atom. The van der Waals surface area contributed by atoms with Gasteiger partial charge in [-0.2, -0.15) is 4.31 Å². The van der Waals surface area contributed by atoms with Crippen molar-refractivity contribution >= 4 is 38.9 Å². The van der Waals surface area contributed by atoms with E-state index < -0.39 is 16.1 Å². The summed E-state index contributed by atoms with van der Waals surface area (Å²) in [5.41, 5.74) is 1.03. The first-order valence-electron chi connectivity index (χ1n) is 11.6. The molecule has 0 saturated carbocycles. The number of benzene rings is 2. The maximum atomic E-state index is 13.6. The SMILES string of the molecule is COc1ccccc1OCC1c2ccsc2CCN1C(=O)CN(C(C)C)S(=O)(=O)c1ccc(Cl)cc1. The fourth-order valence-electron chi connectivity index (χ4n) is 4.29. The van der Waals surface area contributed by atoms with E-state index in [1.807, 2.05) is 35.7 Å². The first-order valence-corrected chi connectivity index (χ1v) is 14.3. The number of methoxy groups -OCH3 is 1. The molecule has 2 heterocycles. The van der Waals surface area contributed by atoms with Gasteiger partial charge in [0, 0.05) is 22.5 Å². The van der Waals surface area contributed by atoms with Gasteiger partial charge in [-0.1, -0.05) is 23.7 Å². The minimum Gasteiger partial charge on any atom is -0.493 e. The van der Waals surface area contributed by atoms with Gasteiger partial charge in [0.15, 0.2) is 11.5 Å². The molecule has 192 valence electrons. The Kier molecular flexibility index (Phi) is 8.24. The number of hydrogen-bond donors (Lipinski definition) is 0. The number of thiophene rings is 1. The number of hydrogen-bond acceptors (Lipinski definition) is 6. The largest absolute Gasteiger partial charge is 0.493 e. The summed E-state index contributed by atoms with van der Waals surface area (Å²) in [4.78, 5) is 16.7. The molecule has 0 bridgehead atoms. The van der Waals surface area contributed by atoms with E-state index in [2.05, 4.69) is 0 Å². The lowest BCUT2D eigenvalue weighted by atomic mass is 10.0. The van der Waals surface area contributed by atoms with Crippen LogP contribution in [-0.2, 0) is 21.2 Å². The Labute approximate surface area is 221 Å². The van der Waals surface area contributed by atoms with Gasteiger partial charge in [0.2, 0.25) is 15.9 Å². The molecule has 4 rings (SSSR count). The van der Waals surface area contributed by atoms with E-state index in [0.29, 0.717) is 23.1 Å². The quantitative estimate of drug-likeness (QED) is 0.375. The summed E-state index contributed by atoms with van der Waals surface area (Å²) in [6.45, 7) is 3.96. The zero-order valence-corrected chi connectivity index (χ0v) is 22.8. The normalized spacial score (nSPS) is 15.7. The number of para-hydroxylation sites is 2. The van der Waals surface area contributed by atoms with E-state index >= 15 is 0 Å². The van der Waals surface area contributed by atoms with Crippen molar-refractivity contribution in [2.75, 3.05) is 26.8 Å². The Morgan fingerprint density at radius 3 is 2.50 bits per heavy atom. The molecule has 0 fully saturated rings. The van der Waals surface area contributed by atoms with Crippen molar-refractivity contribution in [2.24, 2.45) is 0 Å². The third-order valence-corrected chi connectivity index (χ3v) is 9.45. The maximum Gasteiger partial charge on any atom is 0.243 e. The predicted molar refractivity (Wildman–Crippen MR) is 141 cm³/mol. The highest BCUT2D eigenvalue weighted by Crippen LogP contribution is 2.35. The van der Waals surface area contributed by atoms with Crippen LogP contribution in [-0.4, -0.2) is 56.4 Å². The number of amides is 1. The number of nitrogens with zero attached hydrogens (tertiary/aromatic N) is 2. The van der Waals surface area contributed by atoms with Gasteiger partial charge in [-0.25, -0.2) is 8.42 Å². The zero-order chi connectivity index (χ0) is 25.9. The van der Waals surface area contributed by atoms with Crippen LogP contribution in [0, 0.1) is 0 Å². The van der Waals surface area contributed by atoms with Gasteiger partial charge < -0.3 is 14.4 Å². The maximum absolute atomic E-state index is 13.6. The number of sulfonamides is 1. The van der Waals surface area contributed by atoms with Gasteiger partial charge in [-0.15, -0.1) is 11.3 Å². The highest BCUT2D eigenvalue weighted by molar-refractivity contribution is 7.89. The van der Waals surface area contributed by atoms with E-state index in [9.17, 15) is 13.2 Å². The van der Waals surface area contributed by atoms with E-state index in [4.69, 9.17) is 21.1 Å². The van der Waals surface area contributed by atoms with Crippen LogP contribution in [0.1, 0.15) is 30.3 Å². The second kappa shape index (κ2) is 11.2. The summed E-state index contributed by atoms with van der Waals surface area (Å²) >= 11 is 7.60. The van der Waals surface area contributed by atoms with E-state index in [-0.39, 0.29) is 30.0 Å². The van der Waals surface area contributed by atoms with Gasteiger partial charge in [-0.05, 0) is 73.7 Å². The lowest BCUT2D eigenvalue weighted by Crippen LogP contribution is -2.49. The number of halogens is 1. The van der Waals surface area contributed by atoms with Gasteiger partial charge >= 0.3 is 0 Å². The van der Waals surface area contributed by atoms with Crippen molar-refractivity contribution in [3.8, 4) is 11.5 Å². The van der Waals surface area contributed by atoms with Crippen LogP contribution in [0.4, 0.5) is 0 Å². The number of carbonyl (C=O) groups excluding carboxylic acids is 1. The topological polar surface area (TPSA) is 76.2 Å². The predicted octanol–water partition coefficient (Wildman–Crippen LogP) is 5.01. The molecule has 0 saturated heterocycles. The van der Waals surface area contributed by atoms with Crippen LogP contribution in [0.5, 0.6) is 11.5 Å². The fraction of sp³-hybridized carbons (Fsp3) is 0.346. The van der Waals surface area contributed by atoms with Crippen LogP contribution in [0.15, 0.2) is 64.9 Å². The molecule has 1 unspecified atom stereocenters. The van der Waals surface area contributed by atoms with Gasteiger partial charge in [0.25, 0.3) is 0 Å². The van der Waals surface area contributed by atoms with E-state index in [1.54, 1.807) is 37.2 Å². The van der Waals surface area contributed by atoms with Crippen molar-refractivity contribution in [3.63, 3.8) is 0 Å².